The van der Waals surface area contributed by atoms with E-state index < -0.39 is 0 Å². The number of aliphatic imine (C=N–C) groups is 1. The highest BCUT2D eigenvalue weighted by atomic mass is 127. The molecule has 0 spiro atoms. The topological polar surface area (TPSA) is 74.2 Å². The normalized spacial score (nSPS) is 14.2. The predicted octanol–water partition coefficient (Wildman–Crippen LogP) is 3.68. The largest absolute Gasteiger partial charge is 0.469 e. The molecule has 1 fully saturated rings. The highest BCUT2D eigenvalue weighted by molar-refractivity contribution is 14.0. The molecular formula is C24H29IN4O3. The lowest BCUT2D eigenvalue weighted by molar-refractivity contribution is 0.0657. The number of carbonyl (C=O) groups is 1. The number of furan rings is 2. The van der Waals surface area contributed by atoms with Crippen molar-refractivity contribution in [3.8, 4) is 0 Å². The fourth-order valence-corrected chi connectivity index (χ4v) is 3.64. The van der Waals surface area contributed by atoms with Gasteiger partial charge in [0.1, 0.15) is 5.76 Å². The number of hydrogen-bond donors (Lipinski definition) is 1. The fraction of sp³-hybridized carbons (Fsp3) is 0.333. The SMILES string of the molecule is I.O=C(c1ccco1)N1CCN(C(=NCCc2ccco2)NCCc2ccccc2)CC1. The molecule has 1 aliphatic heterocycles. The third kappa shape index (κ3) is 6.62. The van der Waals surface area contributed by atoms with Crippen molar-refractivity contribution in [2.45, 2.75) is 12.8 Å². The van der Waals surface area contributed by atoms with Gasteiger partial charge in [-0.25, -0.2) is 0 Å². The fourth-order valence-electron chi connectivity index (χ4n) is 3.64. The van der Waals surface area contributed by atoms with Gasteiger partial charge >= 0.3 is 0 Å². The molecule has 3 heterocycles. The van der Waals surface area contributed by atoms with E-state index in [1.54, 1.807) is 18.4 Å². The lowest BCUT2D eigenvalue weighted by Gasteiger charge is -2.36. The average Bonchev–Trinajstić information content (AvgIpc) is 3.53. The van der Waals surface area contributed by atoms with Crippen LogP contribution in [0.15, 0.2) is 81.0 Å². The van der Waals surface area contributed by atoms with Gasteiger partial charge in [0, 0.05) is 45.7 Å². The summed E-state index contributed by atoms with van der Waals surface area (Å²) < 4.78 is 10.7. The monoisotopic (exact) mass is 548 g/mol. The van der Waals surface area contributed by atoms with E-state index in [9.17, 15) is 4.79 Å². The second-order valence-corrected chi connectivity index (χ2v) is 7.45. The number of piperazine rings is 1. The lowest BCUT2D eigenvalue weighted by Crippen LogP contribution is -2.54. The van der Waals surface area contributed by atoms with Gasteiger partial charge in [-0.1, -0.05) is 30.3 Å². The zero-order valence-electron chi connectivity index (χ0n) is 18.0. The van der Waals surface area contributed by atoms with E-state index >= 15 is 0 Å². The number of halogens is 1. The molecule has 1 amide bonds. The average molecular weight is 548 g/mol. The molecule has 0 atom stereocenters. The van der Waals surface area contributed by atoms with Gasteiger partial charge < -0.3 is 24.0 Å². The number of hydrogen-bond acceptors (Lipinski definition) is 4. The summed E-state index contributed by atoms with van der Waals surface area (Å²) in [5, 5.41) is 3.51. The van der Waals surface area contributed by atoms with Crippen molar-refractivity contribution >= 4 is 35.8 Å². The molecule has 1 saturated heterocycles. The van der Waals surface area contributed by atoms with Gasteiger partial charge in [0.2, 0.25) is 0 Å². The first-order valence-electron chi connectivity index (χ1n) is 10.7. The predicted molar refractivity (Wildman–Crippen MR) is 134 cm³/mol. The van der Waals surface area contributed by atoms with E-state index in [1.165, 1.54) is 11.8 Å². The Hall–Kier alpha value is -2.75. The third-order valence-electron chi connectivity index (χ3n) is 5.34. The van der Waals surface area contributed by atoms with E-state index in [0.717, 1.165) is 44.2 Å². The van der Waals surface area contributed by atoms with E-state index in [0.29, 0.717) is 25.4 Å². The van der Waals surface area contributed by atoms with Gasteiger partial charge in [0.15, 0.2) is 11.7 Å². The molecule has 7 nitrogen and oxygen atoms in total. The van der Waals surface area contributed by atoms with Gasteiger partial charge in [0.05, 0.1) is 12.5 Å². The number of carbonyl (C=O) groups excluding carboxylic acids is 1. The molecule has 0 aliphatic carbocycles. The highest BCUT2D eigenvalue weighted by Crippen LogP contribution is 2.10. The summed E-state index contributed by atoms with van der Waals surface area (Å²) in [6.45, 7) is 4.17. The number of nitrogens with zero attached hydrogens (tertiary/aromatic N) is 3. The van der Waals surface area contributed by atoms with Gasteiger partial charge in [-0.05, 0) is 36.2 Å². The van der Waals surface area contributed by atoms with Gasteiger partial charge in [-0.15, -0.1) is 24.0 Å². The minimum Gasteiger partial charge on any atom is -0.469 e. The van der Waals surface area contributed by atoms with Crippen LogP contribution in [0.3, 0.4) is 0 Å². The zero-order chi connectivity index (χ0) is 21.3. The van der Waals surface area contributed by atoms with Crippen LogP contribution in [-0.4, -0.2) is 60.9 Å². The molecule has 1 aromatic carbocycles. The quantitative estimate of drug-likeness (QED) is 0.277. The van der Waals surface area contributed by atoms with Crippen LogP contribution in [0.25, 0.3) is 0 Å². The zero-order valence-corrected chi connectivity index (χ0v) is 20.3. The Labute approximate surface area is 205 Å². The van der Waals surface area contributed by atoms with Crippen molar-refractivity contribution in [3.63, 3.8) is 0 Å². The third-order valence-corrected chi connectivity index (χ3v) is 5.34. The molecule has 4 rings (SSSR count). The van der Waals surface area contributed by atoms with Crippen LogP contribution in [0, 0.1) is 0 Å². The second-order valence-electron chi connectivity index (χ2n) is 7.45. The Morgan fingerprint density at radius 1 is 0.875 bits per heavy atom. The molecule has 2 aromatic heterocycles. The van der Waals surface area contributed by atoms with Crippen molar-refractivity contribution < 1.29 is 13.6 Å². The molecule has 0 saturated carbocycles. The van der Waals surface area contributed by atoms with Crippen LogP contribution in [0.5, 0.6) is 0 Å². The molecule has 1 N–H and O–H groups in total. The van der Waals surface area contributed by atoms with Crippen LogP contribution < -0.4 is 5.32 Å². The van der Waals surface area contributed by atoms with Crippen molar-refractivity contribution in [1.82, 2.24) is 15.1 Å². The van der Waals surface area contributed by atoms with Crippen molar-refractivity contribution in [2.24, 2.45) is 4.99 Å². The first-order chi connectivity index (χ1) is 15.3. The Balaban J connectivity index is 0.00000289. The highest BCUT2D eigenvalue weighted by Gasteiger charge is 2.25. The minimum absolute atomic E-state index is 0. The maximum absolute atomic E-state index is 12.5. The summed E-state index contributed by atoms with van der Waals surface area (Å²) in [6, 6.07) is 17.7. The molecule has 1 aliphatic rings. The molecule has 32 heavy (non-hydrogen) atoms. The first kappa shape index (κ1) is 23.9. The van der Waals surface area contributed by atoms with Crippen LogP contribution >= 0.6 is 24.0 Å². The standard InChI is InChI=1S/C24H28N4O3.HI/c29-23(22-9-5-19-31-22)27-14-16-28(17-15-27)24(26-13-11-21-8-4-18-30-21)25-12-10-20-6-2-1-3-7-20;/h1-9,18-19H,10-17H2,(H,25,26);1H. The van der Waals surface area contributed by atoms with Crippen molar-refractivity contribution in [2.75, 3.05) is 39.3 Å². The number of amides is 1. The van der Waals surface area contributed by atoms with Crippen LogP contribution in [0.2, 0.25) is 0 Å². The smallest absolute Gasteiger partial charge is 0.289 e. The van der Waals surface area contributed by atoms with Crippen molar-refractivity contribution in [3.05, 3.63) is 84.2 Å². The maximum Gasteiger partial charge on any atom is 0.289 e. The molecular weight excluding hydrogens is 519 g/mol. The van der Waals surface area contributed by atoms with Gasteiger partial charge in [-0.3, -0.25) is 9.79 Å². The van der Waals surface area contributed by atoms with Crippen molar-refractivity contribution in [1.29, 1.82) is 0 Å². The molecule has 170 valence electrons. The summed E-state index contributed by atoms with van der Waals surface area (Å²) in [5.41, 5.74) is 1.29. The summed E-state index contributed by atoms with van der Waals surface area (Å²) in [7, 11) is 0. The minimum atomic E-state index is -0.0574. The van der Waals surface area contributed by atoms with Gasteiger partial charge in [-0.2, -0.15) is 0 Å². The molecule has 8 heteroatoms. The Morgan fingerprint density at radius 3 is 2.28 bits per heavy atom. The number of nitrogens with one attached hydrogen (secondary N) is 1. The van der Waals surface area contributed by atoms with E-state index in [4.69, 9.17) is 13.8 Å². The lowest BCUT2D eigenvalue weighted by atomic mass is 10.1. The van der Waals surface area contributed by atoms with E-state index in [-0.39, 0.29) is 29.9 Å². The summed E-state index contributed by atoms with van der Waals surface area (Å²) in [4.78, 5) is 21.4. The van der Waals surface area contributed by atoms with E-state index in [1.807, 2.05) is 23.1 Å². The number of guanidine groups is 1. The molecule has 0 unspecified atom stereocenters. The van der Waals surface area contributed by atoms with E-state index in [2.05, 4.69) is 34.5 Å². The summed E-state index contributed by atoms with van der Waals surface area (Å²) in [5.74, 6) is 2.15. The Kier molecular flexibility index (Phi) is 9.21. The molecule has 0 radical (unpaired) electrons. The van der Waals surface area contributed by atoms with Crippen LogP contribution in [0.4, 0.5) is 0 Å². The van der Waals surface area contributed by atoms with Gasteiger partial charge in [0.25, 0.3) is 5.91 Å². The number of rotatable bonds is 7. The first-order valence-corrected chi connectivity index (χ1v) is 10.7. The summed E-state index contributed by atoms with van der Waals surface area (Å²) >= 11 is 0. The Morgan fingerprint density at radius 2 is 1.59 bits per heavy atom. The van der Waals surface area contributed by atoms with Crippen LogP contribution in [0.1, 0.15) is 21.9 Å². The maximum atomic E-state index is 12.5. The molecule has 3 aromatic rings. The Bertz CT molecular complexity index is 951. The molecule has 0 bridgehead atoms. The van der Waals surface area contributed by atoms with Crippen LogP contribution in [-0.2, 0) is 12.8 Å². The second kappa shape index (κ2) is 12.3. The summed E-state index contributed by atoms with van der Waals surface area (Å²) in [6.07, 6.45) is 4.90. The number of benzene rings is 1.